The molecule has 1 unspecified atom stereocenters. The van der Waals surface area contributed by atoms with Gasteiger partial charge in [0.1, 0.15) is 0 Å². The van der Waals surface area contributed by atoms with Crippen LogP contribution < -0.4 is 0 Å². The van der Waals surface area contributed by atoms with Crippen LogP contribution in [0.25, 0.3) is 0 Å². The van der Waals surface area contributed by atoms with Crippen LogP contribution in [0.4, 0.5) is 0 Å². The molecule has 78 valence electrons. The SMILES string of the molecule is CCCOCC(O)Cc1ccccn1. The number of pyridine rings is 1. The Morgan fingerprint density at radius 3 is 3.00 bits per heavy atom. The van der Waals surface area contributed by atoms with Crippen LogP contribution in [0.5, 0.6) is 0 Å². The fourth-order valence-electron chi connectivity index (χ4n) is 1.18. The molecule has 1 heterocycles. The third-order valence-electron chi connectivity index (χ3n) is 1.83. The van der Waals surface area contributed by atoms with Crippen molar-refractivity contribution in [3.63, 3.8) is 0 Å². The molecule has 0 aliphatic carbocycles. The zero-order valence-corrected chi connectivity index (χ0v) is 8.52. The Morgan fingerprint density at radius 1 is 1.50 bits per heavy atom. The molecule has 0 fully saturated rings. The predicted octanol–water partition coefficient (Wildman–Crippen LogP) is 1.41. The molecule has 0 aliphatic rings. The van der Waals surface area contributed by atoms with E-state index in [9.17, 15) is 5.11 Å². The molecule has 0 aromatic carbocycles. The summed E-state index contributed by atoms with van der Waals surface area (Å²) in [6, 6.07) is 5.69. The highest BCUT2D eigenvalue weighted by molar-refractivity contribution is 5.04. The molecule has 14 heavy (non-hydrogen) atoms. The van der Waals surface area contributed by atoms with Gasteiger partial charge in [-0.2, -0.15) is 0 Å². The minimum atomic E-state index is -0.448. The first-order valence-electron chi connectivity index (χ1n) is 4.98. The molecule has 0 aliphatic heterocycles. The second-order valence-corrected chi connectivity index (χ2v) is 3.25. The summed E-state index contributed by atoms with van der Waals surface area (Å²) in [7, 11) is 0. The monoisotopic (exact) mass is 195 g/mol. The minimum Gasteiger partial charge on any atom is -0.390 e. The van der Waals surface area contributed by atoms with Crippen molar-refractivity contribution < 1.29 is 9.84 Å². The van der Waals surface area contributed by atoms with Crippen molar-refractivity contribution in [2.45, 2.75) is 25.9 Å². The third-order valence-corrected chi connectivity index (χ3v) is 1.83. The van der Waals surface area contributed by atoms with Gasteiger partial charge in [-0.05, 0) is 18.6 Å². The number of rotatable bonds is 6. The molecular weight excluding hydrogens is 178 g/mol. The number of aromatic nitrogens is 1. The summed E-state index contributed by atoms with van der Waals surface area (Å²) in [6.07, 6.45) is 2.83. The minimum absolute atomic E-state index is 0.393. The Labute approximate surface area is 84.7 Å². The lowest BCUT2D eigenvalue weighted by atomic mass is 10.2. The van der Waals surface area contributed by atoms with Gasteiger partial charge in [-0.3, -0.25) is 4.98 Å². The van der Waals surface area contributed by atoms with Crippen LogP contribution in [-0.4, -0.2) is 29.4 Å². The number of ether oxygens (including phenoxy) is 1. The van der Waals surface area contributed by atoms with Crippen LogP contribution in [-0.2, 0) is 11.2 Å². The number of hydrogen-bond donors (Lipinski definition) is 1. The van der Waals surface area contributed by atoms with Gasteiger partial charge in [-0.25, -0.2) is 0 Å². The van der Waals surface area contributed by atoms with Crippen molar-refractivity contribution in [3.8, 4) is 0 Å². The summed E-state index contributed by atoms with van der Waals surface area (Å²) < 4.78 is 5.24. The number of aliphatic hydroxyl groups is 1. The van der Waals surface area contributed by atoms with Crippen molar-refractivity contribution in [3.05, 3.63) is 30.1 Å². The van der Waals surface area contributed by atoms with Gasteiger partial charge in [0.2, 0.25) is 0 Å². The van der Waals surface area contributed by atoms with E-state index in [0.29, 0.717) is 19.6 Å². The molecule has 0 spiro atoms. The van der Waals surface area contributed by atoms with E-state index in [0.717, 1.165) is 12.1 Å². The van der Waals surface area contributed by atoms with Crippen molar-refractivity contribution in [2.75, 3.05) is 13.2 Å². The Balaban J connectivity index is 2.23. The Bertz CT molecular complexity index is 238. The Hall–Kier alpha value is -0.930. The molecular formula is C11H17NO2. The van der Waals surface area contributed by atoms with Crippen LogP contribution in [0.1, 0.15) is 19.0 Å². The van der Waals surface area contributed by atoms with E-state index in [4.69, 9.17) is 4.74 Å². The zero-order chi connectivity index (χ0) is 10.2. The summed E-state index contributed by atoms with van der Waals surface area (Å²) in [4.78, 5) is 4.13. The van der Waals surface area contributed by atoms with Crippen molar-refractivity contribution in [1.82, 2.24) is 4.98 Å². The van der Waals surface area contributed by atoms with Crippen LogP contribution in [0.2, 0.25) is 0 Å². The van der Waals surface area contributed by atoms with Gasteiger partial charge < -0.3 is 9.84 Å². The molecule has 0 saturated carbocycles. The van der Waals surface area contributed by atoms with E-state index in [-0.39, 0.29) is 0 Å². The van der Waals surface area contributed by atoms with Gasteiger partial charge in [0.15, 0.2) is 0 Å². The van der Waals surface area contributed by atoms with Crippen molar-refractivity contribution in [1.29, 1.82) is 0 Å². The lowest BCUT2D eigenvalue weighted by Crippen LogP contribution is -2.18. The van der Waals surface area contributed by atoms with E-state index in [1.807, 2.05) is 25.1 Å². The topological polar surface area (TPSA) is 42.4 Å². The first-order valence-corrected chi connectivity index (χ1v) is 4.98. The van der Waals surface area contributed by atoms with Crippen LogP contribution >= 0.6 is 0 Å². The summed E-state index contributed by atoms with van der Waals surface area (Å²) in [6.45, 7) is 3.15. The molecule has 1 rings (SSSR count). The Kier molecular flexibility index (Phi) is 5.19. The van der Waals surface area contributed by atoms with Gasteiger partial charge in [-0.15, -0.1) is 0 Å². The molecule has 3 nitrogen and oxygen atoms in total. The van der Waals surface area contributed by atoms with Crippen molar-refractivity contribution >= 4 is 0 Å². The number of nitrogens with zero attached hydrogens (tertiary/aromatic N) is 1. The molecule has 1 atom stereocenters. The largest absolute Gasteiger partial charge is 0.390 e. The third kappa shape index (κ3) is 4.35. The number of aliphatic hydroxyl groups excluding tert-OH is 1. The maximum Gasteiger partial charge on any atom is 0.0828 e. The average Bonchev–Trinajstić information content (AvgIpc) is 2.20. The predicted molar refractivity (Wildman–Crippen MR) is 55.1 cm³/mol. The average molecular weight is 195 g/mol. The molecule has 0 bridgehead atoms. The lowest BCUT2D eigenvalue weighted by molar-refractivity contribution is 0.0369. The van der Waals surface area contributed by atoms with Gasteiger partial charge >= 0.3 is 0 Å². The van der Waals surface area contributed by atoms with Crippen LogP contribution in [0.3, 0.4) is 0 Å². The maximum absolute atomic E-state index is 9.56. The fourth-order valence-corrected chi connectivity index (χ4v) is 1.18. The summed E-state index contributed by atoms with van der Waals surface area (Å²) >= 11 is 0. The van der Waals surface area contributed by atoms with Gasteiger partial charge in [0.25, 0.3) is 0 Å². The normalized spacial score (nSPS) is 12.7. The summed E-state index contributed by atoms with van der Waals surface area (Å²) in [5.74, 6) is 0. The first-order chi connectivity index (χ1) is 6.83. The van der Waals surface area contributed by atoms with E-state index in [1.165, 1.54) is 0 Å². The van der Waals surface area contributed by atoms with Crippen molar-refractivity contribution in [2.24, 2.45) is 0 Å². The highest BCUT2D eigenvalue weighted by Crippen LogP contribution is 1.99. The van der Waals surface area contributed by atoms with E-state index >= 15 is 0 Å². The maximum atomic E-state index is 9.56. The molecule has 0 amide bonds. The quantitative estimate of drug-likeness (QED) is 0.698. The smallest absolute Gasteiger partial charge is 0.0828 e. The van der Waals surface area contributed by atoms with Crippen LogP contribution in [0, 0.1) is 0 Å². The van der Waals surface area contributed by atoms with E-state index < -0.39 is 6.10 Å². The number of hydrogen-bond acceptors (Lipinski definition) is 3. The standard InChI is InChI=1S/C11H17NO2/c1-2-7-14-9-11(13)8-10-5-3-4-6-12-10/h3-6,11,13H,2,7-9H2,1H3. The molecule has 1 aromatic rings. The molecule has 0 saturated heterocycles. The van der Waals surface area contributed by atoms with Gasteiger partial charge in [0, 0.05) is 24.9 Å². The fraction of sp³-hybridized carbons (Fsp3) is 0.545. The second-order valence-electron chi connectivity index (χ2n) is 3.25. The highest BCUT2D eigenvalue weighted by atomic mass is 16.5. The molecule has 3 heteroatoms. The summed E-state index contributed by atoms with van der Waals surface area (Å²) in [5, 5.41) is 9.56. The molecule has 1 aromatic heterocycles. The van der Waals surface area contributed by atoms with Crippen LogP contribution in [0.15, 0.2) is 24.4 Å². The second kappa shape index (κ2) is 6.51. The molecule has 0 radical (unpaired) electrons. The highest BCUT2D eigenvalue weighted by Gasteiger charge is 2.05. The zero-order valence-electron chi connectivity index (χ0n) is 8.52. The van der Waals surface area contributed by atoms with Gasteiger partial charge in [-0.1, -0.05) is 13.0 Å². The Morgan fingerprint density at radius 2 is 2.36 bits per heavy atom. The summed E-state index contributed by atoms with van der Waals surface area (Å²) in [5.41, 5.74) is 0.903. The van der Waals surface area contributed by atoms with E-state index in [1.54, 1.807) is 6.20 Å². The first kappa shape index (κ1) is 11.1. The van der Waals surface area contributed by atoms with E-state index in [2.05, 4.69) is 4.98 Å². The lowest BCUT2D eigenvalue weighted by Gasteiger charge is -2.09. The molecule has 1 N–H and O–H groups in total. The van der Waals surface area contributed by atoms with Gasteiger partial charge in [0.05, 0.1) is 12.7 Å².